The summed E-state index contributed by atoms with van der Waals surface area (Å²) in [5.41, 5.74) is 3.75. The van der Waals surface area contributed by atoms with E-state index < -0.39 is 0 Å². The van der Waals surface area contributed by atoms with Crippen molar-refractivity contribution in [2.75, 3.05) is 23.6 Å². The fraction of sp³-hybridized carbons (Fsp3) is 0.286. The summed E-state index contributed by atoms with van der Waals surface area (Å²) in [4.78, 5) is 28.9. The van der Waals surface area contributed by atoms with Crippen LogP contribution in [0, 0.1) is 0 Å². The van der Waals surface area contributed by atoms with Crippen LogP contribution in [-0.4, -0.2) is 25.2 Å². The molecule has 0 bridgehead atoms. The van der Waals surface area contributed by atoms with E-state index in [4.69, 9.17) is 9.47 Å². The summed E-state index contributed by atoms with van der Waals surface area (Å²) >= 11 is 1.63. The van der Waals surface area contributed by atoms with Gasteiger partial charge in [-0.05, 0) is 60.4 Å². The lowest BCUT2D eigenvalue weighted by atomic mass is 10.1. The number of unbranched alkanes of at least 4 members (excludes halogenated alkanes) is 1. The van der Waals surface area contributed by atoms with Gasteiger partial charge >= 0.3 is 0 Å². The summed E-state index contributed by atoms with van der Waals surface area (Å²) in [7, 11) is 0. The molecule has 0 saturated heterocycles. The molecule has 0 saturated carbocycles. The molecular formula is C28H28N2O4S. The van der Waals surface area contributed by atoms with E-state index in [2.05, 4.69) is 12.2 Å². The molecule has 35 heavy (non-hydrogen) atoms. The van der Waals surface area contributed by atoms with Crippen LogP contribution >= 0.6 is 11.8 Å². The number of hydrogen-bond donors (Lipinski definition) is 1. The summed E-state index contributed by atoms with van der Waals surface area (Å²) in [6.07, 6.45) is 3.61. The van der Waals surface area contributed by atoms with Crippen molar-refractivity contribution in [1.82, 2.24) is 0 Å². The van der Waals surface area contributed by atoms with Crippen LogP contribution in [-0.2, 0) is 16.0 Å². The third-order valence-corrected chi connectivity index (χ3v) is 7.54. The molecule has 1 N–H and O–H groups in total. The van der Waals surface area contributed by atoms with E-state index in [-0.39, 0.29) is 36.8 Å². The number of anilines is 2. The van der Waals surface area contributed by atoms with Crippen LogP contribution in [0.5, 0.6) is 11.5 Å². The Labute approximate surface area is 209 Å². The number of ether oxygens (including phenoxy) is 2. The predicted octanol–water partition coefficient (Wildman–Crippen LogP) is 5.97. The van der Waals surface area contributed by atoms with Gasteiger partial charge in [-0.1, -0.05) is 43.7 Å². The third-order valence-electron chi connectivity index (χ3n) is 6.21. The number of carbonyl (C=O) groups excluding carboxylic acids is 2. The number of carbonyl (C=O) groups is 2. The van der Waals surface area contributed by atoms with Gasteiger partial charge in [-0.15, -0.1) is 11.8 Å². The van der Waals surface area contributed by atoms with Crippen LogP contribution in [0.15, 0.2) is 71.6 Å². The predicted molar refractivity (Wildman–Crippen MR) is 138 cm³/mol. The Morgan fingerprint density at radius 2 is 1.86 bits per heavy atom. The molecule has 0 radical (unpaired) electrons. The average Bonchev–Trinajstić information content (AvgIpc) is 3.30. The van der Waals surface area contributed by atoms with Crippen molar-refractivity contribution in [1.29, 1.82) is 0 Å². The van der Waals surface area contributed by atoms with Gasteiger partial charge in [-0.25, -0.2) is 0 Å². The van der Waals surface area contributed by atoms with Crippen molar-refractivity contribution in [2.24, 2.45) is 0 Å². The maximum atomic E-state index is 13.4. The summed E-state index contributed by atoms with van der Waals surface area (Å²) in [6, 6.07) is 21.5. The summed E-state index contributed by atoms with van der Waals surface area (Å²) in [5, 5.41) is 2.85. The van der Waals surface area contributed by atoms with Crippen LogP contribution < -0.4 is 19.7 Å². The minimum Gasteiger partial charge on any atom is -0.454 e. The minimum absolute atomic E-state index is 0.0398. The minimum atomic E-state index is -0.221. The van der Waals surface area contributed by atoms with Crippen LogP contribution in [0.4, 0.5) is 11.4 Å². The molecule has 0 aromatic heterocycles. The Hall–Kier alpha value is -3.45. The smallest absolute Gasteiger partial charge is 0.244 e. The van der Waals surface area contributed by atoms with Gasteiger partial charge in [-0.3, -0.25) is 9.59 Å². The molecule has 0 spiro atoms. The van der Waals surface area contributed by atoms with Crippen LogP contribution in [0.3, 0.4) is 0 Å². The molecule has 2 aliphatic heterocycles. The lowest BCUT2D eigenvalue weighted by Gasteiger charge is -2.22. The molecule has 6 nitrogen and oxygen atoms in total. The van der Waals surface area contributed by atoms with Gasteiger partial charge in [0.15, 0.2) is 11.5 Å². The molecule has 7 heteroatoms. The fourth-order valence-corrected chi connectivity index (χ4v) is 5.60. The molecule has 2 heterocycles. The first-order valence-corrected chi connectivity index (χ1v) is 12.8. The van der Waals surface area contributed by atoms with E-state index in [0.717, 1.165) is 46.8 Å². The van der Waals surface area contributed by atoms with E-state index in [1.807, 2.05) is 66.7 Å². The molecule has 2 amide bonds. The van der Waals surface area contributed by atoms with Gasteiger partial charge < -0.3 is 19.7 Å². The zero-order chi connectivity index (χ0) is 24.2. The van der Waals surface area contributed by atoms with E-state index in [1.165, 1.54) is 5.56 Å². The van der Waals surface area contributed by atoms with E-state index in [0.29, 0.717) is 5.75 Å². The van der Waals surface area contributed by atoms with Crippen molar-refractivity contribution in [3.8, 4) is 11.5 Å². The molecule has 0 fully saturated rings. The second-order valence-corrected chi connectivity index (χ2v) is 9.96. The maximum Gasteiger partial charge on any atom is 0.244 e. The number of nitrogens with zero attached hydrogens (tertiary/aromatic N) is 1. The largest absolute Gasteiger partial charge is 0.454 e. The van der Waals surface area contributed by atoms with Crippen molar-refractivity contribution >= 4 is 35.0 Å². The second kappa shape index (κ2) is 10.4. The lowest BCUT2D eigenvalue weighted by molar-refractivity contribution is -0.121. The van der Waals surface area contributed by atoms with E-state index in [9.17, 15) is 9.59 Å². The van der Waals surface area contributed by atoms with E-state index in [1.54, 1.807) is 16.7 Å². The van der Waals surface area contributed by atoms with E-state index >= 15 is 0 Å². The summed E-state index contributed by atoms with van der Waals surface area (Å²) in [5.74, 6) is 1.11. The Morgan fingerprint density at radius 1 is 1.06 bits per heavy atom. The number of thioether (sulfide) groups is 1. The van der Waals surface area contributed by atoms with Gasteiger partial charge in [0, 0.05) is 22.3 Å². The summed E-state index contributed by atoms with van der Waals surface area (Å²) in [6.45, 7) is 2.34. The number of aryl methyl sites for hydroxylation is 1. The Balaban J connectivity index is 1.32. The monoisotopic (exact) mass is 488 g/mol. The molecule has 2 aliphatic rings. The topological polar surface area (TPSA) is 67.9 Å². The standard InChI is InChI=1S/C28H28N2O4S/c1-2-3-6-19-9-12-21(13-10-19)29-27(31)17-30-22-7-4-5-8-25(22)35-26(16-28(30)32)20-11-14-23-24(15-20)34-18-33-23/h4-5,7-15,26H,2-3,6,16-18H2,1H3,(H,29,31). The highest BCUT2D eigenvalue weighted by molar-refractivity contribution is 7.99. The first kappa shape index (κ1) is 23.3. The number of rotatable bonds is 7. The third kappa shape index (κ3) is 5.30. The zero-order valence-corrected chi connectivity index (χ0v) is 20.5. The van der Waals surface area contributed by atoms with Gasteiger partial charge in [0.05, 0.1) is 5.69 Å². The first-order valence-electron chi connectivity index (χ1n) is 11.9. The van der Waals surface area contributed by atoms with Crippen LogP contribution in [0.1, 0.15) is 42.6 Å². The number of para-hydroxylation sites is 1. The molecule has 5 rings (SSSR count). The summed E-state index contributed by atoms with van der Waals surface area (Å²) < 4.78 is 11.0. The molecule has 1 atom stereocenters. The number of nitrogens with one attached hydrogen (secondary N) is 1. The van der Waals surface area contributed by atoms with Crippen molar-refractivity contribution < 1.29 is 19.1 Å². The Bertz CT molecular complexity index is 1230. The quantitative estimate of drug-likeness (QED) is 0.444. The van der Waals surface area contributed by atoms with Crippen molar-refractivity contribution in [2.45, 2.75) is 42.8 Å². The van der Waals surface area contributed by atoms with Gasteiger partial charge in [-0.2, -0.15) is 0 Å². The normalized spacial score (nSPS) is 16.5. The first-order chi connectivity index (χ1) is 17.1. The number of fused-ring (bicyclic) bond motifs is 2. The van der Waals surface area contributed by atoms with Crippen molar-refractivity contribution in [3.63, 3.8) is 0 Å². The number of hydrogen-bond acceptors (Lipinski definition) is 5. The fourth-order valence-electron chi connectivity index (χ4n) is 4.33. The highest BCUT2D eigenvalue weighted by Gasteiger charge is 2.31. The molecule has 180 valence electrons. The molecule has 3 aromatic rings. The molecule has 0 aliphatic carbocycles. The SMILES string of the molecule is CCCCc1ccc(NC(=O)CN2C(=O)CC(c3ccc4c(c3)OCO4)Sc3ccccc32)cc1. The Morgan fingerprint density at radius 3 is 2.69 bits per heavy atom. The number of benzene rings is 3. The second-order valence-electron chi connectivity index (χ2n) is 8.72. The average molecular weight is 489 g/mol. The van der Waals surface area contributed by atoms with Crippen LogP contribution in [0.25, 0.3) is 0 Å². The van der Waals surface area contributed by atoms with Crippen LogP contribution in [0.2, 0.25) is 0 Å². The number of amides is 2. The van der Waals surface area contributed by atoms with Crippen molar-refractivity contribution in [3.05, 3.63) is 77.9 Å². The molecule has 3 aromatic carbocycles. The zero-order valence-electron chi connectivity index (χ0n) is 19.7. The van der Waals surface area contributed by atoms with Gasteiger partial charge in [0.2, 0.25) is 18.6 Å². The maximum absolute atomic E-state index is 13.4. The highest BCUT2D eigenvalue weighted by atomic mass is 32.2. The molecular weight excluding hydrogens is 460 g/mol. The lowest BCUT2D eigenvalue weighted by Crippen LogP contribution is -2.38. The Kier molecular flexibility index (Phi) is 6.95. The van der Waals surface area contributed by atoms with Gasteiger partial charge in [0.25, 0.3) is 0 Å². The molecule has 1 unspecified atom stereocenters. The van der Waals surface area contributed by atoms with Gasteiger partial charge in [0.1, 0.15) is 6.54 Å². The highest BCUT2D eigenvalue weighted by Crippen LogP contribution is 2.47.